The Morgan fingerprint density at radius 3 is 2.07 bits per heavy atom. The number of rotatable bonds is 19. The number of ether oxygens (including phenoxy) is 1. The second-order valence-electron chi connectivity index (χ2n) is 9.79. The number of carboxylic acid groups (broad SMARTS) is 3. The summed E-state index contributed by atoms with van der Waals surface area (Å²) in [6.07, 6.45) is 1.67. The van der Waals surface area contributed by atoms with Gasteiger partial charge in [0.05, 0.1) is 6.42 Å². The molecule has 13 nitrogen and oxygen atoms in total. The number of amides is 3. The minimum Gasteiger partial charge on any atom is -0.481 e. The van der Waals surface area contributed by atoms with Crippen molar-refractivity contribution in [1.82, 2.24) is 16.0 Å². The molecule has 2 rings (SSSR count). The van der Waals surface area contributed by atoms with Crippen LogP contribution in [0, 0.1) is 0 Å². The van der Waals surface area contributed by atoms with E-state index in [0.29, 0.717) is 24.1 Å². The molecule has 2 aromatic carbocycles. The lowest BCUT2D eigenvalue weighted by Gasteiger charge is -2.24. The number of nitrogens with one attached hydrogen (secondary N) is 3. The Bertz CT molecular complexity index is 1280. The van der Waals surface area contributed by atoms with Gasteiger partial charge in [-0.3, -0.25) is 19.2 Å². The second-order valence-corrected chi connectivity index (χ2v) is 9.79. The highest BCUT2D eigenvalue weighted by atomic mass is 16.5. The van der Waals surface area contributed by atoms with Crippen molar-refractivity contribution < 1.29 is 48.8 Å². The van der Waals surface area contributed by atoms with Crippen molar-refractivity contribution in [3.63, 3.8) is 0 Å². The van der Waals surface area contributed by atoms with Crippen LogP contribution < -0.4 is 20.7 Å². The Morgan fingerprint density at radius 1 is 0.767 bits per heavy atom. The number of benzene rings is 2. The molecule has 1 unspecified atom stereocenters. The summed E-state index contributed by atoms with van der Waals surface area (Å²) in [5, 5.41) is 35.4. The van der Waals surface area contributed by atoms with Crippen LogP contribution in [0.15, 0.2) is 48.5 Å². The lowest BCUT2D eigenvalue weighted by Crippen LogP contribution is -2.55. The molecular formula is C30H37N3O10. The summed E-state index contributed by atoms with van der Waals surface area (Å²) in [4.78, 5) is 72.8. The first-order valence-corrected chi connectivity index (χ1v) is 13.8. The van der Waals surface area contributed by atoms with Crippen molar-refractivity contribution in [3.05, 3.63) is 65.2 Å². The summed E-state index contributed by atoms with van der Waals surface area (Å²) in [5.41, 5.74) is 0.740. The van der Waals surface area contributed by atoms with Crippen LogP contribution in [0.2, 0.25) is 0 Å². The molecule has 0 saturated carbocycles. The van der Waals surface area contributed by atoms with Gasteiger partial charge >= 0.3 is 17.9 Å². The van der Waals surface area contributed by atoms with Gasteiger partial charge in [-0.2, -0.15) is 0 Å². The molecule has 232 valence electrons. The number of aromatic carboxylic acids is 1. The first-order valence-electron chi connectivity index (χ1n) is 13.8. The minimum absolute atomic E-state index is 0.0646. The largest absolute Gasteiger partial charge is 0.481 e. The third-order valence-electron chi connectivity index (χ3n) is 6.28. The van der Waals surface area contributed by atoms with Crippen LogP contribution in [0.25, 0.3) is 0 Å². The topological polar surface area (TPSA) is 208 Å². The maximum absolute atomic E-state index is 13.5. The van der Waals surface area contributed by atoms with Gasteiger partial charge in [0.25, 0.3) is 0 Å². The zero-order valence-corrected chi connectivity index (χ0v) is 23.8. The standard InChI is InChI=1S/C30H37N3O10/c1-2-3-7-14-31-28(39)22(17-20-10-11-24(43-18-27(37)38)21(15-20)30(41)42)33-29(40)23(16-19-8-5-4-6-9-19)32-25(34)12-13-26(35)36/h4-6,8-11,15,22-23H,2-3,7,12-14,16-18H2,1H3,(H,31,39)(H,32,34)(H,33,40)(H,35,36)(H,37,38)(H,41,42)/t22?,23-/m0/s1. The van der Waals surface area contributed by atoms with Gasteiger partial charge in [0.1, 0.15) is 23.4 Å². The van der Waals surface area contributed by atoms with Crippen LogP contribution in [-0.4, -0.2) is 76.2 Å². The lowest BCUT2D eigenvalue weighted by atomic mass is 10.0. The maximum Gasteiger partial charge on any atom is 0.341 e. The molecule has 2 atom stereocenters. The summed E-state index contributed by atoms with van der Waals surface area (Å²) in [7, 11) is 0. The lowest BCUT2D eigenvalue weighted by molar-refractivity contribution is -0.139. The van der Waals surface area contributed by atoms with Gasteiger partial charge in [0, 0.05) is 25.8 Å². The van der Waals surface area contributed by atoms with Crippen molar-refractivity contribution in [2.75, 3.05) is 13.2 Å². The molecule has 2 aromatic rings. The smallest absolute Gasteiger partial charge is 0.341 e. The van der Waals surface area contributed by atoms with Gasteiger partial charge in [-0.05, 0) is 29.7 Å². The zero-order valence-electron chi connectivity index (χ0n) is 23.8. The Hall–Kier alpha value is -4.94. The molecule has 0 spiro atoms. The fourth-order valence-corrected chi connectivity index (χ4v) is 4.11. The SMILES string of the molecule is CCCCCNC(=O)C(Cc1ccc(OCC(=O)O)c(C(=O)O)c1)NC(=O)[C@H](Cc1ccccc1)NC(=O)CCC(=O)O. The molecule has 0 aliphatic heterocycles. The van der Waals surface area contributed by atoms with Gasteiger partial charge < -0.3 is 36.0 Å². The molecule has 0 bridgehead atoms. The molecule has 0 aliphatic rings. The van der Waals surface area contributed by atoms with E-state index in [0.717, 1.165) is 12.8 Å². The number of carbonyl (C=O) groups is 6. The molecule has 3 amide bonds. The number of aliphatic carboxylic acids is 2. The van der Waals surface area contributed by atoms with Crippen LogP contribution in [0.3, 0.4) is 0 Å². The van der Waals surface area contributed by atoms with Gasteiger partial charge in [0.15, 0.2) is 6.61 Å². The molecule has 0 heterocycles. The van der Waals surface area contributed by atoms with Crippen molar-refractivity contribution in [3.8, 4) is 5.75 Å². The van der Waals surface area contributed by atoms with Crippen molar-refractivity contribution >= 4 is 35.6 Å². The monoisotopic (exact) mass is 599 g/mol. The number of hydrogen-bond acceptors (Lipinski definition) is 7. The van der Waals surface area contributed by atoms with Crippen molar-refractivity contribution in [1.29, 1.82) is 0 Å². The third kappa shape index (κ3) is 12.6. The predicted molar refractivity (Wildman–Crippen MR) is 154 cm³/mol. The summed E-state index contributed by atoms with van der Waals surface area (Å²) >= 11 is 0. The number of hydrogen-bond donors (Lipinski definition) is 6. The summed E-state index contributed by atoms with van der Waals surface area (Å²) in [6.45, 7) is 1.60. The van der Waals surface area contributed by atoms with E-state index in [1.165, 1.54) is 18.2 Å². The average Bonchev–Trinajstić information content (AvgIpc) is 2.97. The van der Waals surface area contributed by atoms with Crippen molar-refractivity contribution in [2.45, 2.75) is 64.0 Å². The molecule has 0 fully saturated rings. The summed E-state index contributed by atoms with van der Waals surface area (Å²) in [6, 6.07) is 10.5. The van der Waals surface area contributed by atoms with Crippen LogP contribution >= 0.6 is 0 Å². The molecule has 6 N–H and O–H groups in total. The second kappa shape index (κ2) is 17.8. The molecule has 0 saturated heterocycles. The van der Waals surface area contributed by atoms with E-state index in [-0.39, 0.29) is 30.6 Å². The zero-order chi connectivity index (χ0) is 31.8. The molecule has 0 aromatic heterocycles. The Labute approximate surface area is 248 Å². The highest BCUT2D eigenvalue weighted by Crippen LogP contribution is 2.21. The fourth-order valence-electron chi connectivity index (χ4n) is 4.11. The predicted octanol–water partition coefficient (Wildman–Crippen LogP) is 1.77. The van der Waals surface area contributed by atoms with Gasteiger partial charge in [0.2, 0.25) is 17.7 Å². The Morgan fingerprint density at radius 2 is 1.44 bits per heavy atom. The number of carboxylic acids is 3. The first-order chi connectivity index (χ1) is 20.5. The minimum atomic E-state index is -1.38. The van der Waals surface area contributed by atoms with Gasteiger partial charge in [-0.25, -0.2) is 9.59 Å². The first kappa shape index (κ1) is 34.3. The van der Waals surface area contributed by atoms with Gasteiger partial charge in [-0.15, -0.1) is 0 Å². The molecule has 13 heteroatoms. The van der Waals surface area contributed by atoms with E-state index in [2.05, 4.69) is 16.0 Å². The Kier molecular flexibility index (Phi) is 14.2. The van der Waals surface area contributed by atoms with Crippen molar-refractivity contribution in [2.24, 2.45) is 0 Å². The van der Waals surface area contributed by atoms with E-state index >= 15 is 0 Å². The third-order valence-corrected chi connectivity index (χ3v) is 6.28. The highest BCUT2D eigenvalue weighted by molar-refractivity contribution is 5.93. The van der Waals surface area contributed by atoms with E-state index in [1.807, 2.05) is 6.92 Å². The van der Waals surface area contributed by atoms with Crippen LogP contribution in [0.1, 0.15) is 60.5 Å². The van der Waals surface area contributed by atoms with E-state index in [9.17, 15) is 33.9 Å². The summed E-state index contributed by atoms with van der Waals surface area (Å²) in [5.74, 6) is -5.87. The molecule has 43 heavy (non-hydrogen) atoms. The quantitative estimate of drug-likeness (QED) is 0.129. The summed E-state index contributed by atoms with van der Waals surface area (Å²) < 4.78 is 5.06. The number of carbonyl (C=O) groups excluding carboxylic acids is 3. The average molecular weight is 600 g/mol. The van der Waals surface area contributed by atoms with Gasteiger partial charge in [-0.1, -0.05) is 56.2 Å². The van der Waals surface area contributed by atoms with E-state index in [1.54, 1.807) is 30.3 Å². The normalized spacial score (nSPS) is 11.9. The maximum atomic E-state index is 13.5. The molecule has 0 radical (unpaired) electrons. The van der Waals surface area contributed by atoms with Crippen LogP contribution in [0.5, 0.6) is 5.75 Å². The Balaban J connectivity index is 2.32. The fraction of sp³-hybridized carbons (Fsp3) is 0.400. The van der Waals surface area contributed by atoms with Crippen LogP contribution in [-0.2, 0) is 36.8 Å². The molecular weight excluding hydrogens is 562 g/mol. The molecule has 0 aliphatic carbocycles. The van der Waals surface area contributed by atoms with E-state index < -0.39 is 60.7 Å². The highest BCUT2D eigenvalue weighted by Gasteiger charge is 2.28. The van der Waals surface area contributed by atoms with Crippen LogP contribution in [0.4, 0.5) is 0 Å². The van der Waals surface area contributed by atoms with E-state index in [4.69, 9.17) is 14.9 Å². The number of unbranched alkanes of at least 4 members (excludes halogenated alkanes) is 2.